The van der Waals surface area contributed by atoms with Gasteiger partial charge in [0.1, 0.15) is 0 Å². The van der Waals surface area contributed by atoms with Gasteiger partial charge in [0.2, 0.25) is 0 Å². The Bertz CT molecular complexity index is 108. The lowest BCUT2D eigenvalue weighted by Crippen LogP contribution is -2.54. The fraction of sp³-hybridized carbons (Fsp3) is 1.00. The summed E-state index contributed by atoms with van der Waals surface area (Å²) in [7, 11) is 3.90. The van der Waals surface area contributed by atoms with Crippen LogP contribution in [0.3, 0.4) is 0 Å². The first-order chi connectivity index (χ1) is 4.64. The SMILES string of the molecule is COCCC1C[N+](C)(S)C1. The molecule has 60 valence electrons. The van der Waals surface area contributed by atoms with Crippen LogP contribution in [0.25, 0.3) is 0 Å². The van der Waals surface area contributed by atoms with Crippen LogP contribution in [0.2, 0.25) is 0 Å². The number of hydrogen-bond donors (Lipinski definition) is 1. The zero-order valence-corrected chi connectivity index (χ0v) is 7.60. The lowest BCUT2D eigenvalue weighted by molar-refractivity contribution is -0.827. The molecule has 0 aromatic carbocycles. The summed E-state index contributed by atoms with van der Waals surface area (Å²) in [6, 6.07) is 0. The molecule has 0 N–H and O–H groups in total. The molecule has 0 saturated carbocycles. The second-order valence-corrected chi connectivity index (χ2v) is 4.32. The van der Waals surface area contributed by atoms with E-state index in [9.17, 15) is 0 Å². The molecule has 0 atom stereocenters. The second kappa shape index (κ2) is 3.11. The Hall–Kier alpha value is 0.270. The molecule has 1 fully saturated rings. The minimum absolute atomic E-state index is 0.849. The molecule has 0 aromatic heterocycles. The standard InChI is InChI=1S/C7H16NOS/c1-8(10)5-7(6-8)3-4-9-2/h7,10H,3-6H2,1-2H3/q+1. The number of methoxy groups -OCH3 is 1. The summed E-state index contributed by atoms with van der Waals surface area (Å²) in [6.07, 6.45) is 1.20. The van der Waals surface area contributed by atoms with Crippen LogP contribution in [-0.4, -0.2) is 37.7 Å². The Labute approximate surface area is 68.3 Å². The van der Waals surface area contributed by atoms with E-state index >= 15 is 0 Å². The molecule has 0 bridgehead atoms. The Balaban J connectivity index is 2.03. The molecule has 1 rings (SSSR count). The third-order valence-electron chi connectivity index (χ3n) is 2.03. The van der Waals surface area contributed by atoms with Crippen LogP contribution in [0, 0.1) is 5.92 Å². The summed E-state index contributed by atoms with van der Waals surface area (Å²) < 4.78 is 5.88. The Morgan fingerprint density at radius 3 is 2.60 bits per heavy atom. The van der Waals surface area contributed by atoms with Crippen molar-refractivity contribution in [2.24, 2.45) is 5.92 Å². The Morgan fingerprint density at radius 2 is 2.20 bits per heavy atom. The molecule has 0 unspecified atom stereocenters. The van der Waals surface area contributed by atoms with Gasteiger partial charge in [-0.15, -0.1) is 0 Å². The summed E-state index contributed by atoms with van der Waals surface area (Å²) in [6.45, 7) is 3.30. The summed E-state index contributed by atoms with van der Waals surface area (Å²) >= 11 is 4.42. The zero-order valence-electron chi connectivity index (χ0n) is 6.71. The van der Waals surface area contributed by atoms with Crippen molar-refractivity contribution in [2.45, 2.75) is 6.42 Å². The van der Waals surface area contributed by atoms with Crippen LogP contribution in [0.15, 0.2) is 0 Å². The first kappa shape index (κ1) is 8.37. The van der Waals surface area contributed by atoms with Gasteiger partial charge in [0.15, 0.2) is 0 Å². The predicted molar refractivity (Wildman–Crippen MR) is 44.9 cm³/mol. The fourth-order valence-electron chi connectivity index (χ4n) is 1.53. The van der Waals surface area contributed by atoms with Gasteiger partial charge < -0.3 is 4.74 Å². The molecule has 3 heteroatoms. The summed E-state index contributed by atoms with van der Waals surface area (Å²) in [4.78, 5) is 0. The second-order valence-electron chi connectivity index (χ2n) is 3.35. The monoisotopic (exact) mass is 162 g/mol. The van der Waals surface area contributed by atoms with Crippen LogP contribution >= 0.6 is 12.8 Å². The Morgan fingerprint density at radius 1 is 1.60 bits per heavy atom. The zero-order chi connectivity index (χ0) is 7.61. The number of thiol groups is 1. The van der Waals surface area contributed by atoms with Crippen molar-refractivity contribution in [3.8, 4) is 0 Å². The molecule has 0 spiro atoms. The lowest BCUT2D eigenvalue weighted by Gasteiger charge is -2.42. The Kier molecular flexibility index (Phi) is 2.61. The van der Waals surface area contributed by atoms with Gasteiger partial charge in [-0.3, -0.25) is 3.89 Å². The molecule has 1 aliphatic rings. The number of hydrogen-bond acceptors (Lipinski definition) is 2. The van der Waals surface area contributed by atoms with Crippen LogP contribution in [0.1, 0.15) is 6.42 Å². The van der Waals surface area contributed by atoms with Crippen LogP contribution < -0.4 is 0 Å². The van der Waals surface area contributed by atoms with E-state index < -0.39 is 0 Å². The average Bonchev–Trinajstić information content (AvgIpc) is 1.78. The average molecular weight is 162 g/mol. The minimum atomic E-state index is 0.849. The van der Waals surface area contributed by atoms with Crippen molar-refractivity contribution in [1.82, 2.24) is 0 Å². The van der Waals surface area contributed by atoms with E-state index in [2.05, 4.69) is 19.9 Å². The minimum Gasteiger partial charge on any atom is -0.385 e. The predicted octanol–water partition coefficient (Wildman–Crippen LogP) is 0.944. The molecule has 0 amide bonds. The topological polar surface area (TPSA) is 9.23 Å². The molecule has 1 saturated heterocycles. The number of ether oxygens (including phenoxy) is 1. The molecular formula is C7H16NOS+. The highest BCUT2D eigenvalue weighted by Gasteiger charge is 2.37. The highest BCUT2D eigenvalue weighted by atomic mass is 32.1. The van der Waals surface area contributed by atoms with E-state index in [4.69, 9.17) is 4.74 Å². The molecule has 1 aliphatic heterocycles. The summed E-state index contributed by atoms with van der Waals surface area (Å²) in [5.74, 6) is 0.849. The number of rotatable bonds is 3. The molecule has 1 heterocycles. The van der Waals surface area contributed by atoms with E-state index in [0.29, 0.717) is 0 Å². The molecule has 2 nitrogen and oxygen atoms in total. The van der Waals surface area contributed by atoms with E-state index in [-0.39, 0.29) is 0 Å². The van der Waals surface area contributed by atoms with Crippen LogP contribution in [-0.2, 0) is 4.74 Å². The van der Waals surface area contributed by atoms with Crippen LogP contribution in [0.5, 0.6) is 0 Å². The maximum Gasteiger partial charge on any atom is 0.0972 e. The van der Waals surface area contributed by atoms with E-state index in [0.717, 1.165) is 16.4 Å². The maximum atomic E-state index is 4.98. The van der Waals surface area contributed by atoms with Gasteiger partial charge in [-0.1, -0.05) is 0 Å². The van der Waals surface area contributed by atoms with Crippen molar-refractivity contribution >= 4 is 12.8 Å². The highest BCUT2D eigenvalue weighted by Crippen LogP contribution is 2.27. The van der Waals surface area contributed by atoms with E-state index in [1.54, 1.807) is 7.11 Å². The highest BCUT2D eigenvalue weighted by molar-refractivity contribution is 7.74. The van der Waals surface area contributed by atoms with Gasteiger partial charge in [0, 0.05) is 13.7 Å². The number of quaternary nitrogens is 1. The fourth-order valence-corrected chi connectivity index (χ4v) is 1.99. The number of nitrogens with zero attached hydrogens (tertiary/aromatic N) is 1. The van der Waals surface area contributed by atoms with Crippen molar-refractivity contribution in [3.05, 3.63) is 0 Å². The van der Waals surface area contributed by atoms with Gasteiger partial charge in [-0.05, 0) is 6.42 Å². The van der Waals surface area contributed by atoms with Crippen LogP contribution in [0.4, 0.5) is 0 Å². The van der Waals surface area contributed by atoms with Gasteiger partial charge in [0.05, 0.1) is 38.9 Å². The van der Waals surface area contributed by atoms with E-state index in [1.165, 1.54) is 19.5 Å². The van der Waals surface area contributed by atoms with E-state index in [1.807, 2.05) is 0 Å². The molecule has 0 radical (unpaired) electrons. The van der Waals surface area contributed by atoms with Crippen molar-refractivity contribution in [2.75, 3.05) is 33.9 Å². The molecule has 0 aliphatic carbocycles. The van der Waals surface area contributed by atoms with Gasteiger partial charge >= 0.3 is 0 Å². The third kappa shape index (κ3) is 2.15. The summed E-state index contributed by atoms with van der Waals surface area (Å²) in [5, 5.41) is 0. The van der Waals surface area contributed by atoms with Crippen molar-refractivity contribution in [3.63, 3.8) is 0 Å². The maximum absolute atomic E-state index is 4.98. The smallest absolute Gasteiger partial charge is 0.0972 e. The van der Waals surface area contributed by atoms with Gasteiger partial charge in [0.25, 0.3) is 0 Å². The first-order valence-corrected chi connectivity index (χ1v) is 4.10. The molecule has 10 heavy (non-hydrogen) atoms. The molecular weight excluding hydrogens is 146 g/mol. The molecule has 0 aromatic rings. The quantitative estimate of drug-likeness (QED) is 0.480. The van der Waals surface area contributed by atoms with Gasteiger partial charge in [-0.2, -0.15) is 0 Å². The van der Waals surface area contributed by atoms with Crippen molar-refractivity contribution in [1.29, 1.82) is 0 Å². The number of likely N-dealkylation sites (tertiary alicyclic amines) is 1. The lowest BCUT2D eigenvalue weighted by atomic mass is 9.98. The van der Waals surface area contributed by atoms with Gasteiger partial charge in [-0.25, -0.2) is 0 Å². The summed E-state index contributed by atoms with van der Waals surface area (Å²) in [5.41, 5.74) is 0. The van der Waals surface area contributed by atoms with Crippen molar-refractivity contribution < 1.29 is 8.63 Å². The normalized spacial score (nSPS) is 39.3. The third-order valence-corrected chi connectivity index (χ3v) is 2.36. The first-order valence-electron chi connectivity index (χ1n) is 3.70. The largest absolute Gasteiger partial charge is 0.385 e.